The summed E-state index contributed by atoms with van der Waals surface area (Å²) in [6, 6.07) is 5.61. The first-order valence-corrected chi connectivity index (χ1v) is 7.51. The van der Waals surface area contributed by atoms with E-state index in [1.54, 1.807) is 13.3 Å². The third kappa shape index (κ3) is 2.77. The lowest BCUT2D eigenvalue weighted by Gasteiger charge is -2.18. The van der Waals surface area contributed by atoms with Gasteiger partial charge >= 0.3 is 0 Å². The molecule has 0 unspecified atom stereocenters. The normalized spacial score (nSPS) is 12.3. The summed E-state index contributed by atoms with van der Waals surface area (Å²) in [5.41, 5.74) is 6.58. The van der Waals surface area contributed by atoms with Crippen LogP contribution in [-0.2, 0) is 6.54 Å². The van der Waals surface area contributed by atoms with E-state index >= 15 is 0 Å². The van der Waals surface area contributed by atoms with E-state index in [1.165, 1.54) is 0 Å². The summed E-state index contributed by atoms with van der Waals surface area (Å²) in [6.07, 6.45) is 3.75. The number of hydrogen-bond donors (Lipinski definition) is 2. The second-order valence-electron chi connectivity index (χ2n) is 5.22. The lowest BCUT2D eigenvalue weighted by atomic mass is 10.2. The fourth-order valence-electron chi connectivity index (χ4n) is 2.68. The molecule has 2 heterocycles. The van der Waals surface area contributed by atoms with E-state index in [4.69, 9.17) is 10.5 Å². The molecule has 1 atom stereocenters. The predicted octanol–water partition coefficient (Wildman–Crippen LogP) is 2.61. The number of hydrogen-bond acceptors (Lipinski definition) is 6. The molecule has 0 aliphatic heterocycles. The number of imidazole rings is 1. The molecule has 23 heavy (non-hydrogen) atoms. The van der Waals surface area contributed by atoms with E-state index in [0.717, 1.165) is 23.3 Å². The number of nitrogens with two attached hydrogens (primary N) is 1. The van der Waals surface area contributed by atoms with Crippen molar-refractivity contribution in [2.75, 3.05) is 18.2 Å². The van der Waals surface area contributed by atoms with Gasteiger partial charge in [0.2, 0.25) is 5.95 Å². The summed E-state index contributed by atoms with van der Waals surface area (Å²) in [5, 5.41) is 4.19. The Hall–Kier alpha value is -2.83. The van der Waals surface area contributed by atoms with Crippen molar-refractivity contribution in [3.05, 3.63) is 36.4 Å². The molecule has 0 aliphatic carbocycles. The van der Waals surface area contributed by atoms with Gasteiger partial charge in [-0.2, -0.15) is 4.98 Å². The van der Waals surface area contributed by atoms with E-state index in [0.29, 0.717) is 11.6 Å². The van der Waals surface area contributed by atoms with Gasteiger partial charge in [-0.25, -0.2) is 9.97 Å². The van der Waals surface area contributed by atoms with Crippen molar-refractivity contribution in [3.8, 4) is 5.75 Å². The number of aryl methyl sites for hydroxylation is 1. The van der Waals surface area contributed by atoms with E-state index in [9.17, 15) is 0 Å². The van der Waals surface area contributed by atoms with Gasteiger partial charge in [0.15, 0.2) is 0 Å². The third-order valence-corrected chi connectivity index (χ3v) is 3.75. The number of nitrogen functional groups attached to an aromatic ring is 1. The zero-order valence-corrected chi connectivity index (χ0v) is 13.4. The summed E-state index contributed by atoms with van der Waals surface area (Å²) in [7, 11) is 1.63. The van der Waals surface area contributed by atoms with Gasteiger partial charge < -0.3 is 20.4 Å². The highest BCUT2D eigenvalue weighted by atomic mass is 16.5. The van der Waals surface area contributed by atoms with Crippen LogP contribution in [0.2, 0.25) is 0 Å². The minimum absolute atomic E-state index is 0.0348. The van der Waals surface area contributed by atoms with Crippen molar-refractivity contribution >= 4 is 22.7 Å². The van der Waals surface area contributed by atoms with Crippen LogP contribution >= 0.6 is 0 Å². The van der Waals surface area contributed by atoms with Crippen LogP contribution in [0.5, 0.6) is 5.75 Å². The van der Waals surface area contributed by atoms with Crippen LogP contribution in [0, 0.1) is 0 Å². The van der Waals surface area contributed by atoms with E-state index in [-0.39, 0.29) is 12.0 Å². The van der Waals surface area contributed by atoms with Gasteiger partial charge in [-0.1, -0.05) is 6.07 Å². The Bertz CT molecular complexity index is 829. The molecule has 1 aromatic carbocycles. The van der Waals surface area contributed by atoms with Gasteiger partial charge in [-0.05, 0) is 26.0 Å². The fraction of sp³-hybridized carbons (Fsp3) is 0.312. The van der Waals surface area contributed by atoms with Crippen LogP contribution < -0.4 is 15.8 Å². The molecule has 3 rings (SSSR count). The van der Waals surface area contributed by atoms with Crippen LogP contribution in [0.15, 0.2) is 30.6 Å². The van der Waals surface area contributed by atoms with Gasteiger partial charge in [-0.3, -0.25) is 0 Å². The minimum atomic E-state index is -0.0348. The molecule has 0 amide bonds. The van der Waals surface area contributed by atoms with Crippen LogP contribution in [0.4, 0.5) is 11.8 Å². The Kier molecular flexibility index (Phi) is 4.01. The Morgan fingerprint density at radius 1 is 1.35 bits per heavy atom. The van der Waals surface area contributed by atoms with Gasteiger partial charge in [0.05, 0.1) is 24.1 Å². The first-order chi connectivity index (χ1) is 11.1. The molecule has 120 valence electrons. The van der Waals surface area contributed by atoms with Crippen molar-refractivity contribution in [3.63, 3.8) is 0 Å². The summed E-state index contributed by atoms with van der Waals surface area (Å²) >= 11 is 0. The quantitative estimate of drug-likeness (QED) is 0.752. The molecule has 0 radical (unpaired) electrons. The van der Waals surface area contributed by atoms with Crippen LogP contribution in [-0.4, -0.2) is 26.6 Å². The van der Waals surface area contributed by atoms with Crippen LogP contribution in [0.1, 0.15) is 25.7 Å². The second-order valence-corrected chi connectivity index (χ2v) is 5.22. The van der Waals surface area contributed by atoms with Crippen molar-refractivity contribution in [1.82, 2.24) is 19.5 Å². The first-order valence-electron chi connectivity index (χ1n) is 7.51. The monoisotopic (exact) mass is 312 g/mol. The second kappa shape index (κ2) is 6.12. The molecule has 3 N–H and O–H groups in total. The molecule has 7 nitrogen and oxygen atoms in total. The Labute approximate surface area is 134 Å². The molecule has 3 aromatic rings. The number of methoxy groups -OCH3 is 1. The molecule has 0 fully saturated rings. The summed E-state index contributed by atoms with van der Waals surface area (Å²) in [4.78, 5) is 13.1. The number of nitrogens with one attached hydrogen (secondary N) is 1. The zero-order chi connectivity index (χ0) is 16.4. The zero-order valence-electron chi connectivity index (χ0n) is 13.4. The van der Waals surface area contributed by atoms with Crippen molar-refractivity contribution in [1.29, 1.82) is 0 Å². The molecule has 2 aromatic heterocycles. The third-order valence-electron chi connectivity index (χ3n) is 3.75. The molecule has 0 bridgehead atoms. The molecule has 0 aliphatic rings. The van der Waals surface area contributed by atoms with E-state index in [2.05, 4.69) is 31.8 Å². The molecule has 0 spiro atoms. The highest BCUT2D eigenvalue weighted by Crippen LogP contribution is 2.32. The van der Waals surface area contributed by atoms with E-state index < -0.39 is 0 Å². The fourth-order valence-corrected chi connectivity index (χ4v) is 2.68. The largest absolute Gasteiger partial charge is 0.496 e. The smallest absolute Gasteiger partial charge is 0.222 e. The van der Waals surface area contributed by atoms with Crippen molar-refractivity contribution in [2.24, 2.45) is 0 Å². The first kappa shape index (κ1) is 15.1. The lowest BCUT2D eigenvalue weighted by molar-refractivity contribution is 0.419. The molecule has 7 heteroatoms. The maximum Gasteiger partial charge on any atom is 0.222 e. The highest BCUT2D eigenvalue weighted by Gasteiger charge is 2.16. The highest BCUT2D eigenvalue weighted by molar-refractivity contribution is 5.95. The van der Waals surface area contributed by atoms with Gasteiger partial charge in [0.1, 0.15) is 17.4 Å². The average Bonchev–Trinajstić information content (AvgIpc) is 3.02. The Balaban J connectivity index is 2.05. The summed E-state index contributed by atoms with van der Waals surface area (Å²) in [5.74, 6) is 2.51. The lowest BCUT2D eigenvalue weighted by Crippen LogP contribution is -2.15. The predicted molar refractivity (Wildman–Crippen MR) is 90.4 cm³/mol. The van der Waals surface area contributed by atoms with E-state index in [1.807, 2.05) is 31.3 Å². The molecule has 0 saturated carbocycles. The van der Waals surface area contributed by atoms with Gasteiger partial charge in [0.25, 0.3) is 0 Å². The minimum Gasteiger partial charge on any atom is -0.496 e. The van der Waals surface area contributed by atoms with Gasteiger partial charge in [0, 0.05) is 18.9 Å². The Morgan fingerprint density at radius 2 is 2.17 bits per heavy atom. The average molecular weight is 312 g/mol. The molecular weight excluding hydrogens is 292 g/mol. The SMILES string of the molecule is CCn1ccnc1[C@H](C)Nc1nc(N)nc2cccc(OC)c12. The number of nitrogens with zero attached hydrogens (tertiary/aromatic N) is 4. The van der Waals surface area contributed by atoms with Gasteiger partial charge in [-0.15, -0.1) is 0 Å². The molecule has 0 saturated heterocycles. The number of benzene rings is 1. The molecular formula is C16H20N6O. The summed E-state index contributed by atoms with van der Waals surface area (Å²) in [6.45, 7) is 4.98. The number of rotatable bonds is 5. The summed E-state index contributed by atoms with van der Waals surface area (Å²) < 4.78 is 7.53. The standard InChI is InChI=1S/C16H20N6O/c1-4-22-9-8-18-15(22)10(2)19-14-13-11(20-16(17)21-14)6-5-7-12(13)23-3/h5-10H,4H2,1-3H3,(H3,17,19,20,21)/t10-/m0/s1. The van der Waals surface area contributed by atoms with Crippen molar-refractivity contribution < 1.29 is 4.74 Å². The van der Waals surface area contributed by atoms with Crippen molar-refractivity contribution in [2.45, 2.75) is 26.4 Å². The van der Waals surface area contributed by atoms with Crippen LogP contribution in [0.3, 0.4) is 0 Å². The number of aromatic nitrogens is 4. The number of fused-ring (bicyclic) bond motifs is 1. The number of ether oxygens (including phenoxy) is 1. The maximum absolute atomic E-state index is 5.84. The maximum atomic E-state index is 5.84. The van der Waals surface area contributed by atoms with Crippen LogP contribution in [0.25, 0.3) is 10.9 Å². The number of anilines is 2. The Morgan fingerprint density at radius 3 is 2.91 bits per heavy atom. The topological polar surface area (TPSA) is 90.9 Å².